The molecule has 0 saturated carbocycles. The van der Waals surface area contributed by atoms with Crippen LogP contribution in [0.15, 0.2) is 91.0 Å². The summed E-state index contributed by atoms with van der Waals surface area (Å²) >= 11 is 0. The second-order valence-electron chi connectivity index (χ2n) is 10.8. The lowest BCUT2D eigenvalue weighted by atomic mass is 9.83. The molecule has 0 heterocycles. The first-order valence-electron chi connectivity index (χ1n) is 11.9. The van der Waals surface area contributed by atoms with Gasteiger partial charge in [0.25, 0.3) is 0 Å². The molecular weight excluding hydrogens is 396 g/mol. The first-order chi connectivity index (χ1) is 16.0. The van der Waals surface area contributed by atoms with Gasteiger partial charge in [-0.05, 0) is 107 Å². The van der Waals surface area contributed by atoms with Crippen molar-refractivity contribution in [3.8, 4) is 22.3 Å². The number of benzene rings is 6. The smallest absolute Gasteiger partial charge is 0.00199 e. The second-order valence-corrected chi connectivity index (χ2v) is 10.8. The van der Waals surface area contributed by atoms with Gasteiger partial charge in [0, 0.05) is 0 Å². The Bertz CT molecular complexity index is 1760. The van der Waals surface area contributed by atoms with Crippen molar-refractivity contribution in [3.05, 3.63) is 96.6 Å². The number of rotatable bonds is 1. The zero-order chi connectivity index (χ0) is 22.3. The maximum absolute atomic E-state index is 2.49. The molecular formula is C33H26. The van der Waals surface area contributed by atoms with Crippen LogP contribution in [0.1, 0.15) is 26.3 Å². The third kappa shape index (κ3) is 2.70. The zero-order valence-corrected chi connectivity index (χ0v) is 19.4. The number of fused-ring (bicyclic) bond motifs is 7. The molecule has 0 saturated heterocycles. The molecule has 0 bridgehead atoms. The number of hydrogen-bond donors (Lipinski definition) is 0. The molecule has 0 amide bonds. The van der Waals surface area contributed by atoms with Gasteiger partial charge >= 0.3 is 0 Å². The lowest BCUT2D eigenvalue weighted by Crippen LogP contribution is -2.10. The SMILES string of the molecule is CC(C)(C)Cc1c2ccccc2cc2cc3c(cc12)-c1cc2ccccc2c2cccc-3c12. The van der Waals surface area contributed by atoms with Gasteiger partial charge in [-0.15, -0.1) is 0 Å². The van der Waals surface area contributed by atoms with Crippen LogP contribution in [0.3, 0.4) is 0 Å². The van der Waals surface area contributed by atoms with E-state index in [0.717, 1.165) is 6.42 Å². The van der Waals surface area contributed by atoms with Gasteiger partial charge in [-0.1, -0.05) is 87.5 Å². The van der Waals surface area contributed by atoms with Gasteiger partial charge in [0.05, 0.1) is 0 Å². The fourth-order valence-corrected chi connectivity index (χ4v) is 5.97. The molecule has 6 aromatic rings. The third-order valence-electron chi connectivity index (χ3n) is 7.28. The Hall–Kier alpha value is -3.64. The predicted molar refractivity (Wildman–Crippen MR) is 144 cm³/mol. The van der Waals surface area contributed by atoms with Gasteiger partial charge in [-0.3, -0.25) is 0 Å². The van der Waals surface area contributed by atoms with Crippen molar-refractivity contribution in [3.63, 3.8) is 0 Å². The summed E-state index contributed by atoms with van der Waals surface area (Å²) in [6, 6.07) is 34.2. The molecule has 0 heteroatoms. The summed E-state index contributed by atoms with van der Waals surface area (Å²) < 4.78 is 0. The van der Waals surface area contributed by atoms with Gasteiger partial charge < -0.3 is 0 Å². The molecule has 1 aliphatic rings. The molecule has 7 rings (SSSR count). The first kappa shape index (κ1) is 18.9. The van der Waals surface area contributed by atoms with Crippen molar-refractivity contribution in [1.29, 1.82) is 0 Å². The van der Waals surface area contributed by atoms with Crippen LogP contribution < -0.4 is 0 Å². The largest absolute Gasteiger partial charge is 0.0616 e. The molecule has 0 aliphatic heterocycles. The summed E-state index contributed by atoms with van der Waals surface area (Å²) in [5.41, 5.74) is 7.20. The molecule has 33 heavy (non-hydrogen) atoms. The third-order valence-corrected chi connectivity index (χ3v) is 7.28. The van der Waals surface area contributed by atoms with E-state index in [-0.39, 0.29) is 5.41 Å². The Morgan fingerprint density at radius 3 is 1.91 bits per heavy atom. The Morgan fingerprint density at radius 1 is 0.485 bits per heavy atom. The molecule has 0 nitrogen and oxygen atoms in total. The van der Waals surface area contributed by atoms with Crippen LogP contribution in [0.5, 0.6) is 0 Å². The van der Waals surface area contributed by atoms with E-state index in [0.29, 0.717) is 0 Å². The molecule has 0 spiro atoms. The van der Waals surface area contributed by atoms with E-state index in [1.807, 2.05) is 0 Å². The van der Waals surface area contributed by atoms with Crippen molar-refractivity contribution in [2.24, 2.45) is 5.41 Å². The van der Waals surface area contributed by atoms with Crippen LogP contribution >= 0.6 is 0 Å². The highest BCUT2D eigenvalue weighted by molar-refractivity contribution is 6.24. The van der Waals surface area contributed by atoms with Crippen molar-refractivity contribution in [1.82, 2.24) is 0 Å². The Kier molecular flexibility index (Phi) is 3.69. The van der Waals surface area contributed by atoms with Crippen LogP contribution in [0, 0.1) is 5.41 Å². The summed E-state index contributed by atoms with van der Waals surface area (Å²) in [5.74, 6) is 0. The average molecular weight is 423 g/mol. The van der Waals surface area contributed by atoms with E-state index in [4.69, 9.17) is 0 Å². The molecule has 1 aliphatic carbocycles. The summed E-state index contributed by atoms with van der Waals surface area (Å²) in [6.07, 6.45) is 1.06. The van der Waals surface area contributed by atoms with E-state index in [1.54, 1.807) is 0 Å². The lowest BCUT2D eigenvalue weighted by molar-refractivity contribution is 0.414. The van der Waals surface area contributed by atoms with Crippen molar-refractivity contribution in [2.75, 3.05) is 0 Å². The molecule has 0 fully saturated rings. The lowest BCUT2D eigenvalue weighted by Gasteiger charge is -2.22. The summed E-state index contributed by atoms with van der Waals surface area (Å²) in [4.78, 5) is 0. The molecule has 0 unspecified atom stereocenters. The van der Waals surface area contributed by atoms with Crippen molar-refractivity contribution < 1.29 is 0 Å². The maximum Gasteiger partial charge on any atom is -0.00199 e. The van der Waals surface area contributed by atoms with E-state index in [1.165, 1.54) is 70.9 Å². The average Bonchev–Trinajstić information content (AvgIpc) is 3.11. The molecule has 0 radical (unpaired) electrons. The van der Waals surface area contributed by atoms with E-state index in [2.05, 4.69) is 112 Å². The minimum absolute atomic E-state index is 0.218. The minimum Gasteiger partial charge on any atom is -0.0616 e. The normalized spacial score (nSPS) is 12.8. The number of hydrogen-bond acceptors (Lipinski definition) is 0. The second kappa shape index (κ2) is 6.45. The highest BCUT2D eigenvalue weighted by Crippen LogP contribution is 2.51. The summed E-state index contributed by atoms with van der Waals surface area (Å²) in [5, 5.41) is 10.9. The summed E-state index contributed by atoms with van der Waals surface area (Å²) in [6.45, 7) is 7.03. The maximum atomic E-state index is 2.49. The first-order valence-corrected chi connectivity index (χ1v) is 11.9. The van der Waals surface area contributed by atoms with Crippen LogP contribution in [0.4, 0.5) is 0 Å². The van der Waals surface area contributed by atoms with Crippen LogP contribution in [-0.2, 0) is 6.42 Å². The predicted octanol–water partition coefficient (Wildman–Crippen LogP) is 9.54. The molecule has 6 aromatic carbocycles. The summed E-state index contributed by atoms with van der Waals surface area (Å²) in [7, 11) is 0. The standard InChI is InChI=1S/C33H26/c1-33(2,3)19-31-24-12-7-4-9-20(24)15-22-17-28-26-14-8-13-25-23-11-6-5-10-21(23)16-30(32(25)26)29(28)18-27(22)31/h4-18H,19H2,1-3H3. The van der Waals surface area contributed by atoms with Crippen molar-refractivity contribution in [2.45, 2.75) is 27.2 Å². The topological polar surface area (TPSA) is 0 Å². The van der Waals surface area contributed by atoms with Gasteiger partial charge in [0.1, 0.15) is 0 Å². The van der Waals surface area contributed by atoms with Gasteiger partial charge in [-0.2, -0.15) is 0 Å². The molecule has 158 valence electrons. The molecule has 0 N–H and O–H groups in total. The highest BCUT2D eigenvalue weighted by atomic mass is 14.3. The minimum atomic E-state index is 0.218. The van der Waals surface area contributed by atoms with Gasteiger partial charge in [0.15, 0.2) is 0 Å². The Balaban J connectivity index is 1.63. The molecule has 0 atom stereocenters. The van der Waals surface area contributed by atoms with Crippen LogP contribution in [0.25, 0.3) is 65.3 Å². The Morgan fingerprint density at radius 2 is 1.12 bits per heavy atom. The quantitative estimate of drug-likeness (QED) is 0.182. The van der Waals surface area contributed by atoms with E-state index < -0.39 is 0 Å². The van der Waals surface area contributed by atoms with Gasteiger partial charge in [-0.25, -0.2) is 0 Å². The van der Waals surface area contributed by atoms with E-state index in [9.17, 15) is 0 Å². The van der Waals surface area contributed by atoms with Crippen molar-refractivity contribution >= 4 is 43.1 Å². The van der Waals surface area contributed by atoms with Crippen LogP contribution in [-0.4, -0.2) is 0 Å². The zero-order valence-electron chi connectivity index (χ0n) is 19.4. The Labute approximate surface area is 194 Å². The molecule has 0 aromatic heterocycles. The fraction of sp³-hybridized carbons (Fsp3) is 0.152. The van der Waals surface area contributed by atoms with Gasteiger partial charge in [0.2, 0.25) is 0 Å². The monoisotopic (exact) mass is 422 g/mol. The highest BCUT2D eigenvalue weighted by Gasteiger charge is 2.25. The fourth-order valence-electron chi connectivity index (χ4n) is 5.97. The van der Waals surface area contributed by atoms with E-state index >= 15 is 0 Å². The van der Waals surface area contributed by atoms with Crippen LogP contribution in [0.2, 0.25) is 0 Å².